The lowest BCUT2D eigenvalue weighted by Crippen LogP contribution is -1.94. The highest BCUT2D eigenvalue weighted by Crippen LogP contribution is 2.42. The molecule has 0 saturated heterocycles. The van der Waals surface area contributed by atoms with Crippen LogP contribution in [-0.4, -0.2) is 9.13 Å². The minimum absolute atomic E-state index is 0.595. The summed E-state index contributed by atoms with van der Waals surface area (Å²) in [6.45, 7) is 0. The second-order valence-corrected chi connectivity index (χ2v) is 13.9. The van der Waals surface area contributed by atoms with E-state index in [-0.39, 0.29) is 0 Å². The number of thiophene rings is 1. The van der Waals surface area contributed by atoms with Crippen molar-refractivity contribution < 1.29 is 4.42 Å². The van der Waals surface area contributed by atoms with Gasteiger partial charge in [-0.15, -0.1) is 11.3 Å². The molecule has 4 aromatic heterocycles. The minimum Gasteiger partial charge on any atom is -0.456 e. The van der Waals surface area contributed by atoms with Gasteiger partial charge in [-0.05, 0) is 97.1 Å². The van der Waals surface area contributed by atoms with Gasteiger partial charge in [0, 0.05) is 63.9 Å². The Bertz CT molecular complexity index is 3290. The molecule has 0 N–H and O–H groups in total. The third-order valence-electron chi connectivity index (χ3n) is 10.1. The average Bonchev–Trinajstić information content (AvgIpc) is 3.90. The fourth-order valence-electron chi connectivity index (χ4n) is 7.94. The van der Waals surface area contributed by atoms with Gasteiger partial charge in [-0.1, -0.05) is 36.4 Å². The van der Waals surface area contributed by atoms with E-state index in [9.17, 15) is 10.5 Å². The maximum absolute atomic E-state index is 9.66. The van der Waals surface area contributed by atoms with Crippen LogP contribution in [0.4, 0.5) is 0 Å². The number of nitriles is 2. The molecule has 50 heavy (non-hydrogen) atoms. The zero-order valence-electron chi connectivity index (χ0n) is 26.3. The van der Waals surface area contributed by atoms with Crippen molar-refractivity contribution in [1.29, 1.82) is 10.5 Å². The van der Waals surface area contributed by atoms with Gasteiger partial charge in [-0.2, -0.15) is 10.5 Å². The average molecular weight is 655 g/mol. The number of fused-ring (bicyclic) bond motifs is 12. The number of furan rings is 1. The highest BCUT2D eigenvalue weighted by atomic mass is 32.1. The molecule has 0 aliphatic carbocycles. The maximum atomic E-state index is 9.66. The van der Waals surface area contributed by atoms with E-state index in [1.807, 2.05) is 48.5 Å². The number of rotatable bonds is 2. The SMILES string of the molecule is N#Cc1ccc2c(c1)c1cc(C#N)ccc1n2-c1ccc2sc3ccc(-n4c5ccccc5c5cc6oc7ccccc7c6cc54)cc3c2c1. The Morgan fingerprint density at radius 3 is 1.64 bits per heavy atom. The zero-order chi connectivity index (χ0) is 33.1. The van der Waals surface area contributed by atoms with E-state index >= 15 is 0 Å². The number of hydrogen-bond donors (Lipinski definition) is 0. The predicted octanol–water partition coefficient (Wildman–Crippen LogP) is 11.9. The summed E-state index contributed by atoms with van der Waals surface area (Å²) in [5.74, 6) is 0. The van der Waals surface area contributed by atoms with E-state index in [1.54, 1.807) is 11.3 Å². The third-order valence-corrected chi connectivity index (χ3v) is 11.3. The Hall–Kier alpha value is -6.86. The van der Waals surface area contributed by atoms with Crippen LogP contribution in [0.5, 0.6) is 0 Å². The van der Waals surface area contributed by atoms with Crippen LogP contribution in [0.2, 0.25) is 0 Å². The predicted molar refractivity (Wildman–Crippen MR) is 205 cm³/mol. The Morgan fingerprint density at radius 1 is 0.420 bits per heavy atom. The summed E-state index contributed by atoms with van der Waals surface area (Å²) in [5.41, 5.74) is 9.40. The smallest absolute Gasteiger partial charge is 0.136 e. The number of para-hydroxylation sites is 2. The van der Waals surface area contributed by atoms with E-state index in [4.69, 9.17) is 4.42 Å². The molecular weight excluding hydrogens is 633 g/mol. The van der Waals surface area contributed by atoms with E-state index in [0.29, 0.717) is 11.1 Å². The van der Waals surface area contributed by atoms with Crippen LogP contribution in [0.25, 0.3) is 97.1 Å². The van der Waals surface area contributed by atoms with Gasteiger partial charge in [0.05, 0.1) is 45.3 Å². The Morgan fingerprint density at radius 2 is 0.980 bits per heavy atom. The largest absolute Gasteiger partial charge is 0.456 e. The first-order chi connectivity index (χ1) is 24.7. The first kappa shape index (κ1) is 27.1. The normalized spacial score (nSPS) is 12.0. The van der Waals surface area contributed by atoms with Crippen LogP contribution in [0.15, 0.2) is 138 Å². The van der Waals surface area contributed by atoms with Crippen molar-refractivity contribution in [3.8, 4) is 23.5 Å². The summed E-state index contributed by atoms with van der Waals surface area (Å²) in [6.07, 6.45) is 0. The molecule has 7 aromatic carbocycles. The van der Waals surface area contributed by atoms with Crippen LogP contribution in [0, 0.1) is 22.7 Å². The third kappa shape index (κ3) is 3.63. The Kier molecular flexibility index (Phi) is 5.34. The maximum Gasteiger partial charge on any atom is 0.136 e. The van der Waals surface area contributed by atoms with Gasteiger partial charge < -0.3 is 13.6 Å². The van der Waals surface area contributed by atoms with Gasteiger partial charge in [-0.3, -0.25) is 0 Å². The van der Waals surface area contributed by atoms with Gasteiger partial charge in [0.2, 0.25) is 0 Å². The molecule has 4 heterocycles. The van der Waals surface area contributed by atoms with Crippen LogP contribution in [-0.2, 0) is 0 Å². The molecule has 6 heteroatoms. The number of hydrogen-bond acceptors (Lipinski definition) is 4. The molecule has 0 unspecified atom stereocenters. The van der Waals surface area contributed by atoms with Crippen LogP contribution in [0.1, 0.15) is 11.1 Å². The molecule has 0 atom stereocenters. The molecule has 0 saturated carbocycles. The van der Waals surface area contributed by atoms with E-state index in [0.717, 1.165) is 71.5 Å². The van der Waals surface area contributed by atoms with Crippen molar-refractivity contribution in [2.45, 2.75) is 0 Å². The van der Waals surface area contributed by atoms with E-state index in [1.165, 1.54) is 25.6 Å². The van der Waals surface area contributed by atoms with Gasteiger partial charge in [0.25, 0.3) is 0 Å². The fraction of sp³-hybridized carbons (Fsp3) is 0. The molecule has 0 radical (unpaired) electrons. The molecular formula is C44H22N4OS. The molecule has 0 amide bonds. The van der Waals surface area contributed by atoms with Crippen LogP contribution in [0.3, 0.4) is 0 Å². The van der Waals surface area contributed by atoms with Crippen molar-refractivity contribution >= 4 is 97.1 Å². The number of nitrogens with zero attached hydrogens (tertiary/aromatic N) is 4. The monoisotopic (exact) mass is 654 g/mol. The lowest BCUT2D eigenvalue weighted by Gasteiger charge is -2.10. The molecule has 0 aliphatic rings. The molecule has 0 aliphatic heterocycles. The summed E-state index contributed by atoms with van der Waals surface area (Å²) in [7, 11) is 0. The summed E-state index contributed by atoms with van der Waals surface area (Å²) < 4.78 is 13.4. The fourth-order valence-corrected chi connectivity index (χ4v) is 9.00. The van der Waals surface area contributed by atoms with Gasteiger partial charge in [0.15, 0.2) is 0 Å². The highest BCUT2D eigenvalue weighted by Gasteiger charge is 2.19. The van der Waals surface area contributed by atoms with Gasteiger partial charge in [0.1, 0.15) is 11.2 Å². The van der Waals surface area contributed by atoms with Crippen molar-refractivity contribution in [2.24, 2.45) is 0 Å². The molecule has 11 aromatic rings. The summed E-state index contributed by atoms with van der Waals surface area (Å²) in [6, 6.07) is 50.9. The number of benzene rings is 7. The standard InChI is InChI=1S/C44H22N4OS/c45-23-25-9-13-38-31(17-25)32-18-26(24-46)10-14-39(32)47(38)27-11-15-43-35(19-27)36-20-28(12-16-44(36)50-43)48-37-7-3-1-5-29(37)33-22-42-34(21-40(33)48)30-6-2-4-8-41(30)49-42/h1-22H. The van der Waals surface area contributed by atoms with Gasteiger partial charge in [-0.25, -0.2) is 0 Å². The molecule has 0 spiro atoms. The lowest BCUT2D eigenvalue weighted by atomic mass is 10.1. The molecule has 0 bridgehead atoms. The quantitative estimate of drug-likeness (QED) is 0.186. The van der Waals surface area contributed by atoms with Crippen molar-refractivity contribution in [2.75, 3.05) is 0 Å². The molecule has 5 nitrogen and oxygen atoms in total. The first-order valence-corrected chi connectivity index (χ1v) is 17.2. The topological polar surface area (TPSA) is 70.6 Å². The number of aromatic nitrogens is 2. The van der Waals surface area contributed by atoms with Crippen molar-refractivity contribution in [3.63, 3.8) is 0 Å². The summed E-state index contributed by atoms with van der Waals surface area (Å²) in [4.78, 5) is 0. The van der Waals surface area contributed by atoms with Crippen molar-refractivity contribution in [1.82, 2.24) is 9.13 Å². The lowest BCUT2D eigenvalue weighted by molar-refractivity contribution is 0.669. The van der Waals surface area contributed by atoms with E-state index < -0.39 is 0 Å². The molecule has 230 valence electrons. The van der Waals surface area contributed by atoms with Crippen molar-refractivity contribution in [3.05, 3.63) is 145 Å². The Labute approximate surface area is 288 Å². The second kappa shape index (κ2) is 9.84. The van der Waals surface area contributed by atoms with Crippen LogP contribution >= 0.6 is 11.3 Å². The first-order valence-electron chi connectivity index (χ1n) is 16.4. The highest BCUT2D eigenvalue weighted by molar-refractivity contribution is 7.25. The Balaban J connectivity index is 1.17. The van der Waals surface area contributed by atoms with Crippen LogP contribution < -0.4 is 0 Å². The molecule has 0 fully saturated rings. The molecule has 11 rings (SSSR count). The summed E-state index contributed by atoms with van der Waals surface area (Å²) in [5, 5.41) is 28.2. The summed E-state index contributed by atoms with van der Waals surface area (Å²) >= 11 is 1.80. The zero-order valence-corrected chi connectivity index (χ0v) is 27.1. The minimum atomic E-state index is 0.595. The van der Waals surface area contributed by atoms with Gasteiger partial charge >= 0.3 is 0 Å². The second-order valence-electron chi connectivity index (χ2n) is 12.8. The van der Waals surface area contributed by atoms with E-state index in [2.05, 4.69) is 106 Å².